The number of hydrogen-bond donors (Lipinski definition) is 1. The molecule has 2 nitrogen and oxygen atoms in total. The topological polar surface area (TPSA) is 21.3 Å². The molecule has 0 bridgehead atoms. The van der Waals surface area contributed by atoms with Crippen LogP contribution in [0.1, 0.15) is 31.4 Å². The summed E-state index contributed by atoms with van der Waals surface area (Å²) in [6.07, 6.45) is 2.22. The second-order valence-corrected chi connectivity index (χ2v) is 6.50. The van der Waals surface area contributed by atoms with Gasteiger partial charge < -0.3 is 10.1 Å². The maximum Gasteiger partial charge on any atom is 0.124 e. The van der Waals surface area contributed by atoms with Gasteiger partial charge >= 0.3 is 0 Å². The van der Waals surface area contributed by atoms with Crippen LogP contribution in [-0.2, 0) is 13.0 Å². The maximum atomic E-state index is 5.87. The molecule has 3 rings (SSSR count). The van der Waals surface area contributed by atoms with Crippen molar-refractivity contribution in [3.8, 4) is 5.75 Å². The van der Waals surface area contributed by atoms with Gasteiger partial charge in [-0.3, -0.25) is 0 Å². The molecule has 130 valence electrons. The standard InChI is InChI=1S/C23H27NO/c1-3-25-23-16-15-20-11-7-8-12-21(20)22(23)17-24-18(2)13-14-19-9-5-4-6-10-19/h4-12,15-16,18,24H,3,13-14,17H2,1-2H3. The lowest BCUT2D eigenvalue weighted by atomic mass is 10.0. The Morgan fingerprint density at radius 2 is 1.68 bits per heavy atom. The molecule has 0 saturated carbocycles. The summed E-state index contributed by atoms with van der Waals surface area (Å²) >= 11 is 0. The average molecular weight is 333 g/mol. The summed E-state index contributed by atoms with van der Waals surface area (Å²) in [5.41, 5.74) is 2.66. The molecule has 0 aromatic heterocycles. The smallest absolute Gasteiger partial charge is 0.124 e. The molecule has 0 radical (unpaired) electrons. The molecule has 1 N–H and O–H groups in total. The zero-order valence-electron chi connectivity index (χ0n) is 15.2. The number of fused-ring (bicyclic) bond motifs is 1. The lowest BCUT2D eigenvalue weighted by Crippen LogP contribution is -2.26. The summed E-state index contributed by atoms with van der Waals surface area (Å²) in [7, 11) is 0. The van der Waals surface area contributed by atoms with E-state index in [1.54, 1.807) is 0 Å². The van der Waals surface area contributed by atoms with E-state index in [9.17, 15) is 0 Å². The molecule has 0 aliphatic rings. The molecular formula is C23H27NO. The Bertz CT molecular complexity index is 798. The summed E-state index contributed by atoms with van der Waals surface area (Å²) in [6.45, 7) is 5.81. The molecule has 3 aromatic carbocycles. The first-order valence-electron chi connectivity index (χ1n) is 9.18. The first-order chi connectivity index (χ1) is 12.3. The summed E-state index contributed by atoms with van der Waals surface area (Å²) < 4.78 is 5.87. The molecule has 1 unspecified atom stereocenters. The summed E-state index contributed by atoms with van der Waals surface area (Å²) in [4.78, 5) is 0. The van der Waals surface area contributed by atoms with Crippen LogP contribution in [0.25, 0.3) is 10.8 Å². The van der Waals surface area contributed by atoms with E-state index in [1.165, 1.54) is 21.9 Å². The van der Waals surface area contributed by atoms with E-state index in [1.807, 2.05) is 6.92 Å². The van der Waals surface area contributed by atoms with Crippen molar-refractivity contribution in [2.75, 3.05) is 6.61 Å². The Hall–Kier alpha value is -2.32. The van der Waals surface area contributed by atoms with Crippen molar-refractivity contribution in [1.82, 2.24) is 5.32 Å². The van der Waals surface area contributed by atoms with Crippen LogP contribution >= 0.6 is 0 Å². The fraction of sp³-hybridized carbons (Fsp3) is 0.304. The normalized spacial score (nSPS) is 12.2. The van der Waals surface area contributed by atoms with Crippen LogP contribution in [0.15, 0.2) is 66.7 Å². The lowest BCUT2D eigenvalue weighted by Gasteiger charge is -2.18. The monoisotopic (exact) mass is 333 g/mol. The molecule has 3 aromatic rings. The van der Waals surface area contributed by atoms with Crippen LogP contribution in [-0.4, -0.2) is 12.6 Å². The minimum Gasteiger partial charge on any atom is -0.494 e. The van der Waals surface area contributed by atoms with Crippen LogP contribution in [0.3, 0.4) is 0 Å². The van der Waals surface area contributed by atoms with E-state index >= 15 is 0 Å². The maximum absolute atomic E-state index is 5.87. The molecular weight excluding hydrogens is 306 g/mol. The Morgan fingerprint density at radius 3 is 2.48 bits per heavy atom. The quantitative estimate of drug-likeness (QED) is 0.600. The van der Waals surface area contributed by atoms with Crippen LogP contribution in [0.4, 0.5) is 0 Å². The van der Waals surface area contributed by atoms with Gasteiger partial charge in [0.25, 0.3) is 0 Å². The first-order valence-corrected chi connectivity index (χ1v) is 9.18. The van der Waals surface area contributed by atoms with Crippen molar-refractivity contribution in [1.29, 1.82) is 0 Å². The third kappa shape index (κ3) is 4.61. The minimum atomic E-state index is 0.452. The SMILES string of the molecule is CCOc1ccc2ccccc2c1CNC(C)CCc1ccccc1. The largest absolute Gasteiger partial charge is 0.494 e. The number of benzene rings is 3. The van der Waals surface area contributed by atoms with Crippen molar-refractivity contribution in [3.05, 3.63) is 77.9 Å². The van der Waals surface area contributed by atoms with Gasteiger partial charge in [-0.15, -0.1) is 0 Å². The van der Waals surface area contributed by atoms with Gasteiger partial charge in [0.1, 0.15) is 5.75 Å². The predicted octanol–water partition coefficient (Wildman–Crippen LogP) is 5.35. The molecule has 0 amide bonds. The molecule has 2 heteroatoms. The number of rotatable bonds is 8. The van der Waals surface area contributed by atoms with Gasteiger partial charge in [0.2, 0.25) is 0 Å². The van der Waals surface area contributed by atoms with Gasteiger partial charge in [-0.25, -0.2) is 0 Å². The van der Waals surface area contributed by atoms with E-state index in [0.717, 1.165) is 25.1 Å². The van der Waals surface area contributed by atoms with E-state index in [0.29, 0.717) is 12.6 Å². The number of ether oxygens (including phenoxy) is 1. The van der Waals surface area contributed by atoms with Crippen LogP contribution in [0, 0.1) is 0 Å². The lowest BCUT2D eigenvalue weighted by molar-refractivity contribution is 0.335. The zero-order valence-corrected chi connectivity index (χ0v) is 15.2. The second kappa shape index (κ2) is 8.68. The van der Waals surface area contributed by atoms with Crippen LogP contribution < -0.4 is 10.1 Å². The highest BCUT2D eigenvalue weighted by Crippen LogP contribution is 2.28. The van der Waals surface area contributed by atoms with Crippen LogP contribution in [0.5, 0.6) is 5.75 Å². The third-order valence-corrected chi connectivity index (χ3v) is 4.63. The number of nitrogens with one attached hydrogen (secondary N) is 1. The first kappa shape index (κ1) is 17.5. The molecule has 0 spiro atoms. The predicted molar refractivity (Wildman–Crippen MR) is 106 cm³/mol. The van der Waals surface area contributed by atoms with Crippen LogP contribution in [0.2, 0.25) is 0 Å². The van der Waals surface area contributed by atoms with Crippen molar-refractivity contribution < 1.29 is 4.74 Å². The van der Waals surface area contributed by atoms with E-state index in [4.69, 9.17) is 4.74 Å². The van der Waals surface area contributed by atoms with E-state index < -0.39 is 0 Å². The molecule has 0 saturated heterocycles. The fourth-order valence-corrected chi connectivity index (χ4v) is 3.20. The minimum absolute atomic E-state index is 0.452. The Labute approximate surface area is 150 Å². The highest BCUT2D eigenvalue weighted by molar-refractivity contribution is 5.87. The Kier molecular flexibility index (Phi) is 6.08. The zero-order chi connectivity index (χ0) is 17.5. The van der Waals surface area contributed by atoms with E-state index in [2.05, 4.69) is 79.0 Å². The van der Waals surface area contributed by atoms with Gasteiger partial charge in [-0.2, -0.15) is 0 Å². The van der Waals surface area contributed by atoms with Gasteiger partial charge in [-0.1, -0.05) is 60.7 Å². The highest BCUT2D eigenvalue weighted by atomic mass is 16.5. The van der Waals surface area contributed by atoms with E-state index in [-0.39, 0.29) is 0 Å². The highest BCUT2D eigenvalue weighted by Gasteiger charge is 2.10. The Morgan fingerprint density at radius 1 is 0.920 bits per heavy atom. The molecule has 0 heterocycles. The molecule has 0 aliphatic carbocycles. The molecule has 0 aliphatic heterocycles. The third-order valence-electron chi connectivity index (χ3n) is 4.63. The van der Waals surface area contributed by atoms with Gasteiger partial charge in [0.15, 0.2) is 0 Å². The van der Waals surface area contributed by atoms with Crippen molar-refractivity contribution in [2.45, 2.75) is 39.3 Å². The fourth-order valence-electron chi connectivity index (χ4n) is 3.20. The number of aryl methyl sites for hydroxylation is 1. The van der Waals surface area contributed by atoms with Crippen molar-refractivity contribution in [3.63, 3.8) is 0 Å². The number of hydrogen-bond acceptors (Lipinski definition) is 2. The summed E-state index contributed by atoms with van der Waals surface area (Å²) in [6, 6.07) is 23.9. The molecule has 25 heavy (non-hydrogen) atoms. The average Bonchev–Trinajstić information content (AvgIpc) is 2.66. The molecule has 1 atom stereocenters. The summed E-state index contributed by atoms with van der Waals surface area (Å²) in [5.74, 6) is 0.990. The van der Waals surface area contributed by atoms with Gasteiger partial charge in [0, 0.05) is 18.2 Å². The summed E-state index contributed by atoms with van der Waals surface area (Å²) in [5, 5.41) is 6.22. The van der Waals surface area contributed by atoms with Gasteiger partial charge in [0.05, 0.1) is 6.61 Å². The Balaban J connectivity index is 1.68. The molecule has 0 fully saturated rings. The van der Waals surface area contributed by atoms with Crippen molar-refractivity contribution in [2.24, 2.45) is 0 Å². The van der Waals surface area contributed by atoms with Gasteiger partial charge in [-0.05, 0) is 49.1 Å². The van der Waals surface area contributed by atoms with Crippen molar-refractivity contribution >= 4 is 10.8 Å². The second-order valence-electron chi connectivity index (χ2n) is 6.50.